The summed E-state index contributed by atoms with van der Waals surface area (Å²) in [7, 11) is 6.70. The second kappa shape index (κ2) is 6.90. The highest BCUT2D eigenvalue weighted by atomic mass is 32.1. The fraction of sp³-hybridized carbons (Fsp3) is 0.0909. The lowest BCUT2D eigenvalue weighted by Crippen LogP contribution is -2.15. The van der Waals surface area contributed by atoms with E-state index in [2.05, 4.69) is 115 Å². The maximum absolute atomic E-state index is 6.70. The number of rotatable bonds is 1. The molecule has 5 aromatic carbocycles. The highest BCUT2D eigenvalue weighted by Crippen LogP contribution is 2.51. The molecule has 2 radical (unpaired) electrons. The highest BCUT2D eigenvalue weighted by molar-refractivity contribution is 7.26. The first-order chi connectivity index (χ1) is 17.5. The molecule has 0 N–H and O–H groups in total. The van der Waals surface area contributed by atoms with Crippen LogP contribution in [0.2, 0.25) is 0 Å². The van der Waals surface area contributed by atoms with Crippen LogP contribution in [0.5, 0.6) is 0 Å². The van der Waals surface area contributed by atoms with Gasteiger partial charge in [-0.05, 0) is 58.7 Å². The van der Waals surface area contributed by atoms with Crippen molar-refractivity contribution in [1.29, 1.82) is 0 Å². The molecule has 7 aromatic rings. The zero-order chi connectivity index (χ0) is 24.2. The molecule has 0 saturated carbocycles. The van der Waals surface area contributed by atoms with Crippen LogP contribution >= 0.6 is 11.3 Å². The van der Waals surface area contributed by atoms with Crippen LogP contribution < -0.4 is 5.46 Å². The van der Waals surface area contributed by atoms with Crippen LogP contribution in [0, 0.1) is 0 Å². The van der Waals surface area contributed by atoms with E-state index in [9.17, 15) is 0 Å². The first-order valence-electron chi connectivity index (χ1n) is 12.4. The molecule has 0 bridgehead atoms. The zero-order valence-electron chi connectivity index (χ0n) is 20.2. The average molecular weight is 475 g/mol. The van der Waals surface area contributed by atoms with Gasteiger partial charge in [-0.1, -0.05) is 80.0 Å². The highest BCUT2D eigenvalue weighted by Gasteiger charge is 2.36. The van der Waals surface area contributed by atoms with Crippen molar-refractivity contribution in [2.75, 3.05) is 0 Å². The Morgan fingerprint density at radius 1 is 0.639 bits per heavy atom. The minimum atomic E-state index is -0.0477. The van der Waals surface area contributed by atoms with Crippen LogP contribution in [0.1, 0.15) is 25.0 Å². The molecule has 0 fully saturated rings. The van der Waals surface area contributed by atoms with Gasteiger partial charge >= 0.3 is 0 Å². The molecule has 1 aliphatic carbocycles. The molecule has 1 aliphatic rings. The van der Waals surface area contributed by atoms with E-state index < -0.39 is 0 Å². The Kier molecular flexibility index (Phi) is 3.91. The fourth-order valence-electron chi connectivity index (χ4n) is 6.41. The summed E-state index contributed by atoms with van der Waals surface area (Å²) in [6.07, 6.45) is 0. The quantitative estimate of drug-likeness (QED) is 0.211. The standard InChI is InChI=1S/C33H22BNS/c1-33(2)26-12-6-3-9-20(26)23-17-24-21-10-4-7-13-29(21)35(30(24)18-27(23)33)19-15-25-22-11-5-8-14-31(22)36-32(25)28(34)16-19/h3-18H,1-2H3. The lowest BCUT2D eigenvalue weighted by atomic mass is 9.82. The first-order valence-corrected chi connectivity index (χ1v) is 13.2. The molecule has 0 spiro atoms. The van der Waals surface area contributed by atoms with Gasteiger partial charge in [0.05, 0.1) is 11.0 Å². The third-order valence-electron chi connectivity index (χ3n) is 8.13. The van der Waals surface area contributed by atoms with Crippen LogP contribution in [0.4, 0.5) is 0 Å². The number of benzene rings is 5. The van der Waals surface area contributed by atoms with E-state index in [1.807, 2.05) is 0 Å². The van der Waals surface area contributed by atoms with Crippen molar-refractivity contribution in [1.82, 2.24) is 4.57 Å². The van der Waals surface area contributed by atoms with Crippen molar-refractivity contribution in [3.8, 4) is 16.8 Å². The number of fused-ring (bicyclic) bond motifs is 9. The Morgan fingerprint density at radius 3 is 2.28 bits per heavy atom. The molecule has 0 amide bonds. The summed E-state index contributed by atoms with van der Waals surface area (Å²) >= 11 is 1.78. The second-order valence-corrected chi connectivity index (χ2v) is 11.5. The topological polar surface area (TPSA) is 4.93 Å². The van der Waals surface area contributed by atoms with Gasteiger partial charge in [-0.25, -0.2) is 0 Å². The van der Waals surface area contributed by atoms with Gasteiger partial charge in [-0.2, -0.15) is 0 Å². The molecule has 0 saturated heterocycles. The summed E-state index contributed by atoms with van der Waals surface area (Å²) in [5, 5.41) is 5.05. The van der Waals surface area contributed by atoms with Gasteiger partial charge in [0.1, 0.15) is 7.85 Å². The van der Waals surface area contributed by atoms with Gasteiger partial charge in [0, 0.05) is 42.0 Å². The van der Waals surface area contributed by atoms with Gasteiger partial charge in [-0.3, -0.25) is 0 Å². The third kappa shape index (κ3) is 2.51. The Bertz CT molecular complexity index is 2040. The number of thiophene rings is 1. The van der Waals surface area contributed by atoms with E-state index in [1.54, 1.807) is 11.3 Å². The second-order valence-electron chi connectivity index (χ2n) is 10.4. The summed E-state index contributed by atoms with van der Waals surface area (Å²) in [4.78, 5) is 0. The average Bonchev–Trinajstić information content (AvgIpc) is 3.50. The van der Waals surface area contributed by atoms with Crippen LogP contribution in [-0.4, -0.2) is 12.4 Å². The van der Waals surface area contributed by atoms with Crippen molar-refractivity contribution < 1.29 is 0 Å². The van der Waals surface area contributed by atoms with Crippen LogP contribution in [0.3, 0.4) is 0 Å². The van der Waals surface area contributed by atoms with E-state index in [0.29, 0.717) is 0 Å². The minimum absolute atomic E-state index is 0.0477. The van der Waals surface area contributed by atoms with Gasteiger partial charge in [0.25, 0.3) is 0 Å². The molecular weight excluding hydrogens is 453 g/mol. The van der Waals surface area contributed by atoms with Gasteiger partial charge < -0.3 is 4.57 Å². The minimum Gasteiger partial charge on any atom is -0.309 e. The summed E-state index contributed by atoms with van der Waals surface area (Å²) in [6.45, 7) is 4.69. The number of aromatic nitrogens is 1. The largest absolute Gasteiger partial charge is 0.309 e. The van der Waals surface area contributed by atoms with Crippen molar-refractivity contribution in [3.05, 3.63) is 108 Å². The predicted molar refractivity (Wildman–Crippen MR) is 157 cm³/mol. The molecule has 0 aliphatic heterocycles. The molecular formula is C33H22BNS. The predicted octanol–water partition coefficient (Wildman–Crippen LogP) is 8.25. The number of hydrogen-bond acceptors (Lipinski definition) is 1. The molecule has 3 heteroatoms. The van der Waals surface area contributed by atoms with Crippen LogP contribution in [0.15, 0.2) is 97.1 Å². The molecule has 168 valence electrons. The van der Waals surface area contributed by atoms with Crippen molar-refractivity contribution in [2.24, 2.45) is 0 Å². The van der Waals surface area contributed by atoms with Crippen molar-refractivity contribution in [3.63, 3.8) is 0 Å². The SMILES string of the molecule is [B]c1cc(-n2c3ccccc3c3cc4c(cc32)C(C)(C)c2ccccc2-4)cc2c1sc1ccccc12. The number of hydrogen-bond donors (Lipinski definition) is 0. The molecule has 2 aromatic heterocycles. The third-order valence-corrected chi connectivity index (χ3v) is 9.36. The Morgan fingerprint density at radius 2 is 1.39 bits per heavy atom. The monoisotopic (exact) mass is 475 g/mol. The van der Waals surface area contributed by atoms with Crippen LogP contribution in [0.25, 0.3) is 58.8 Å². The molecule has 0 unspecified atom stereocenters. The van der Waals surface area contributed by atoms with Gasteiger partial charge in [0.2, 0.25) is 0 Å². The van der Waals surface area contributed by atoms with Gasteiger partial charge in [0.15, 0.2) is 0 Å². The van der Waals surface area contributed by atoms with E-state index >= 15 is 0 Å². The Labute approximate surface area is 215 Å². The maximum atomic E-state index is 6.70. The maximum Gasteiger partial charge on any atom is 0.115 e. The Hall–Kier alpha value is -3.82. The molecule has 36 heavy (non-hydrogen) atoms. The summed E-state index contributed by atoms with van der Waals surface area (Å²) in [5.41, 5.74) is 9.83. The first kappa shape index (κ1) is 20.4. The van der Waals surface area contributed by atoms with E-state index in [0.717, 1.165) is 15.9 Å². The molecule has 8 rings (SSSR count). The fourth-order valence-corrected chi connectivity index (χ4v) is 7.52. The normalized spacial score (nSPS) is 14.2. The van der Waals surface area contributed by atoms with Gasteiger partial charge in [-0.15, -0.1) is 11.3 Å². The van der Waals surface area contributed by atoms with Crippen LogP contribution in [-0.2, 0) is 5.41 Å². The van der Waals surface area contributed by atoms with Crippen molar-refractivity contribution in [2.45, 2.75) is 19.3 Å². The summed E-state index contributed by atoms with van der Waals surface area (Å²) in [5.74, 6) is 0. The summed E-state index contributed by atoms with van der Waals surface area (Å²) in [6, 6.07) is 35.5. The molecule has 0 atom stereocenters. The van der Waals surface area contributed by atoms with E-state index in [4.69, 9.17) is 7.85 Å². The molecule has 2 heterocycles. The lowest BCUT2D eigenvalue weighted by Gasteiger charge is -2.21. The number of nitrogens with zero attached hydrogens (tertiary/aromatic N) is 1. The van der Waals surface area contributed by atoms with E-state index in [1.165, 1.54) is 59.5 Å². The smallest absolute Gasteiger partial charge is 0.115 e. The Balaban J connectivity index is 1.51. The lowest BCUT2D eigenvalue weighted by molar-refractivity contribution is 0.661. The van der Waals surface area contributed by atoms with E-state index in [-0.39, 0.29) is 5.41 Å². The molecule has 1 nitrogen and oxygen atoms in total. The number of para-hydroxylation sites is 1. The zero-order valence-corrected chi connectivity index (χ0v) is 21.0. The van der Waals surface area contributed by atoms with Crippen molar-refractivity contribution >= 4 is 66.6 Å². The summed E-state index contributed by atoms with van der Waals surface area (Å²) < 4.78 is 4.85.